The van der Waals surface area contributed by atoms with Crippen molar-refractivity contribution in [1.29, 1.82) is 0 Å². The second-order valence-corrected chi connectivity index (χ2v) is 9.15. The Morgan fingerprint density at radius 3 is 2.45 bits per heavy atom. The number of methoxy groups -OCH3 is 2. The molecule has 0 unspecified atom stereocenters. The number of hydrogen-bond acceptors (Lipinski definition) is 7. The van der Waals surface area contributed by atoms with Gasteiger partial charge in [-0.05, 0) is 29.8 Å². The van der Waals surface area contributed by atoms with Crippen molar-refractivity contribution < 1.29 is 32.5 Å². The van der Waals surface area contributed by atoms with E-state index in [9.17, 15) is 18.3 Å². The third-order valence-electron chi connectivity index (χ3n) is 5.14. The molecule has 2 aromatic rings. The maximum absolute atomic E-state index is 12.7. The lowest BCUT2D eigenvalue weighted by Crippen LogP contribution is -2.49. The summed E-state index contributed by atoms with van der Waals surface area (Å²) in [5.41, 5.74) is 0.921. The number of aliphatic hydroxyl groups excluding tert-OH is 1. The Bertz CT molecular complexity index is 1070. The summed E-state index contributed by atoms with van der Waals surface area (Å²) in [5.74, 6) is 0.915. The Morgan fingerprint density at radius 2 is 1.79 bits per heavy atom. The Kier molecular flexibility index (Phi) is 8.45. The van der Waals surface area contributed by atoms with Gasteiger partial charge in [0.15, 0.2) is 0 Å². The third kappa shape index (κ3) is 6.78. The van der Waals surface area contributed by atoms with E-state index in [0.717, 1.165) is 11.3 Å². The molecular formula is C23H28N2O7S. The zero-order chi connectivity index (χ0) is 23.8. The minimum Gasteiger partial charge on any atom is -0.497 e. The van der Waals surface area contributed by atoms with Gasteiger partial charge in [0.1, 0.15) is 17.6 Å². The van der Waals surface area contributed by atoms with Gasteiger partial charge in [0.05, 0.1) is 44.3 Å². The molecule has 0 spiro atoms. The van der Waals surface area contributed by atoms with E-state index in [0.29, 0.717) is 12.3 Å². The molecule has 9 nitrogen and oxygen atoms in total. The van der Waals surface area contributed by atoms with Crippen molar-refractivity contribution in [3.63, 3.8) is 0 Å². The van der Waals surface area contributed by atoms with Crippen LogP contribution in [0.25, 0.3) is 0 Å². The van der Waals surface area contributed by atoms with Gasteiger partial charge < -0.3 is 24.6 Å². The maximum atomic E-state index is 12.7. The van der Waals surface area contributed by atoms with Crippen LogP contribution in [0.15, 0.2) is 65.6 Å². The van der Waals surface area contributed by atoms with Crippen molar-refractivity contribution in [2.45, 2.75) is 36.1 Å². The molecule has 0 radical (unpaired) electrons. The first-order valence-electron chi connectivity index (χ1n) is 10.3. The highest BCUT2D eigenvalue weighted by molar-refractivity contribution is 7.89. The lowest BCUT2D eigenvalue weighted by atomic mass is 10.1. The number of carbonyl (C=O) groups is 1. The van der Waals surface area contributed by atoms with Gasteiger partial charge in [0.25, 0.3) is 0 Å². The smallest absolute Gasteiger partial charge is 0.241 e. The summed E-state index contributed by atoms with van der Waals surface area (Å²) in [4.78, 5) is 12.4. The van der Waals surface area contributed by atoms with Crippen LogP contribution in [-0.2, 0) is 26.1 Å². The summed E-state index contributed by atoms with van der Waals surface area (Å²) in [6.07, 6.45) is 1.84. The van der Waals surface area contributed by atoms with Crippen LogP contribution in [0.4, 0.5) is 0 Å². The van der Waals surface area contributed by atoms with Gasteiger partial charge in [-0.3, -0.25) is 4.79 Å². The van der Waals surface area contributed by atoms with Gasteiger partial charge in [0, 0.05) is 12.6 Å². The molecule has 0 saturated carbocycles. The number of benzene rings is 2. The number of rotatable bonds is 10. The molecule has 1 amide bonds. The molecule has 1 aliphatic heterocycles. The molecule has 3 atom stereocenters. The number of sulfonamides is 1. The van der Waals surface area contributed by atoms with Crippen LogP contribution in [0.2, 0.25) is 0 Å². The fourth-order valence-corrected chi connectivity index (χ4v) is 4.58. The molecule has 0 fully saturated rings. The highest BCUT2D eigenvalue weighted by Crippen LogP contribution is 2.21. The van der Waals surface area contributed by atoms with E-state index in [4.69, 9.17) is 14.2 Å². The first-order chi connectivity index (χ1) is 15.8. The topological polar surface area (TPSA) is 123 Å². The Balaban J connectivity index is 1.57. The minimum absolute atomic E-state index is 0.0342. The Morgan fingerprint density at radius 1 is 1.06 bits per heavy atom. The quantitative estimate of drug-likeness (QED) is 0.443. The summed E-state index contributed by atoms with van der Waals surface area (Å²) >= 11 is 0. The molecule has 1 heterocycles. The van der Waals surface area contributed by atoms with Gasteiger partial charge in [-0.2, -0.15) is 0 Å². The second kappa shape index (κ2) is 11.3. The number of hydrogen-bond donors (Lipinski definition) is 3. The van der Waals surface area contributed by atoms with Gasteiger partial charge in [-0.1, -0.05) is 30.4 Å². The van der Waals surface area contributed by atoms with Gasteiger partial charge in [0.2, 0.25) is 15.9 Å². The highest BCUT2D eigenvalue weighted by Gasteiger charge is 2.31. The summed E-state index contributed by atoms with van der Waals surface area (Å²) in [5, 5.41) is 12.6. The predicted octanol–water partition coefficient (Wildman–Crippen LogP) is 1.37. The fourth-order valence-electron chi connectivity index (χ4n) is 3.32. The second-order valence-electron chi connectivity index (χ2n) is 7.44. The molecular weight excluding hydrogens is 448 g/mol. The first-order valence-corrected chi connectivity index (χ1v) is 11.8. The van der Waals surface area contributed by atoms with E-state index in [-0.39, 0.29) is 17.2 Å². The minimum atomic E-state index is -3.88. The molecule has 178 valence electrons. The fraction of sp³-hybridized carbons (Fsp3) is 0.348. The van der Waals surface area contributed by atoms with E-state index in [1.165, 1.54) is 19.2 Å². The molecule has 0 aromatic heterocycles. The molecule has 2 aromatic carbocycles. The first kappa shape index (κ1) is 24.7. The van der Waals surface area contributed by atoms with Gasteiger partial charge >= 0.3 is 0 Å². The standard InChI is InChI=1S/C23H28N2O7S/c1-30-17-8-6-16(7-9-17)14-24-23(27)13-19-10-11-21(22(15-26)32-19)25-33(28,29)20-5-3-4-18(12-20)31-2/h3-12,19,21-22,25-26H,13-15H2,1-2H3,(H,24,27)/t19-,21+,22-/m0/s1. The zero-order valence-corrected chi connectivity index (χ0v) is 19.2. The van der Waals surface area contributed by atoms with Crippen molar-refractivity contribution >= 4 is 15.9 Å². The number of carbonyl (C=O) groups excluding carboxylic acids is 1. The SMILES string of the molecule is COc1ccc(CNC(=O)C[C@@H]2C=C[C@@H](NS(=O)(=O)c3cccc(OC)c3)[C@H](CO)O2)cc1. The van der Waals surface area contributed by atoms with Crippen LogP contribution >= 0.6 is 0 Å². The summed E-state index contributed by atoms with van der Waals surface area (Å²) in [7, 11) is -0.845. The van der Waals surface area contributed by atoms with Crippen LogP contribution < -0.4 is 19.5 Å². The van der Waals surface area contributed by atoms with Crippen molar-refractivity contribution in [3.8, 4) is 11.5 Å². The molecule has 1 aliphatic rings. The number of aliphatic hydroxyl groups is 1. The van der Waals surface area contributed by atoms with Crippen LogP contribution in [0.3, 0.4) is 0 Å². The van der Waals surface area contributed by atoms with Crippen LogP contribution in [0, 0.1) is 0 Å². The monoisotopic (exact) mass is 476 g/mol. The van der Waals surface area contributed by atoms with Gasteiger partial charge in [-0.15, -0.1) is 0 Å². The van der Waals surface area contributed by atoms with E-state index in [1.54, 1.807) is 31.4 Å². The molecule has 0 saturated heterocycles. The lowest BCUT2D eigenvalue weighted by Gasteiger charge is -2.31. The molecule has 33 heavy (non-hydrogen) atoms. The largest absolute Gasteiger partial charge is 0.497 e. The zero-order valence-electron chi connectivity index (χ0n) is 18.4. The summed E-state index contributed by atoms with van der Waals surface area (Å²) in [6, 6.07) is 12.6. The van der Waals surface area contributed by atoms with E-state index in [2.05, 4.69) is 10.0 Å². The van der Waals surface area contributed by atoms with Crippen LogP contribution in [-0.4, -0.2) is 58.5 Å². The van der Waals surface area contributed by atoms with Crippen molar-refractivity contribution in [1.82, 2.24) is 10.0 Å². The molecule has 10 heteroatoms. The van der Waals surface area contributed by atoms with Crippen LogP contribution in [0.5, 0.6) is 11.5 Å². The lowest BCUT2D eigenvalue weighted by molar-refractivity contribution is -0.125. The number of nitrogens with one attached hydrogen (secondary N) is 2. The summed E-state index contributed by atoms with van der Waals surface area (Å²) < 4.78 is 44.0. The maximum Gasteiger partial charge on any atom is 0.241 e. The van der Waals surface area contributed by atoms with Crippen molar-refractivity contribution in [2.75, 3.05) is 20.8 Å². The molecule has 0 bridgehead atoms. The van der Waals surface area contributed by atoms with E-state index in [1.807, 2.05) is 24.3 Å². The molecule has 0 aliphatic carbocycles. The third-order valence-corrected chi connectivity index (χ3v) is 6.60. The van der Waals surface area contributed by atoms with Crippen molar-refractivity contribution in [2.24, 2.45) is 0 Å². The van der Waals surface area contributed by atoms with E-state index >= 15 is 0 Å². The number of amides is 1. The normalized spacial score (nSPS) is 20.3. The average molecular weight is 477 g/mol. The molecule has 3 rings (SSSR count). The van der Waals surface area contributed by atoms with E-state index < -0.39 is 34.9 Å². The average Bonchev–Trinajstić information content (AvgIpc) is 2.83. The predicted molar refractivity (Wildman–Crippen MR) is 121 cm³/mol. The number of ether oxygens (including phenoxy) is 3. The Hall–Kier alpha value is -2.92. The van der Waals surface area contributed by atoms with Crippen LogP contribution in [0.1, 0.15) is 12.0 Å². The highest BCUT2D eigenvalue weighted by atomic mass is 32.2. The Labute approximate surface area is 193 Å². The summed E-state index contributed by atoms with van der Waals surface area (Å²) in [6.45, 7) is -0.0642. The van der Waals surface area contributed by atoms with Gasteiger partial charge in [-0.25, -0.2) is 13.1 Å². The molecule has 3 N–H and O–H groups in total. The van der Waals surface area contributed by atoms with Crippen molar-refractivity contribution in [3.05, 3.63) is 66.2 Å².